The van der Waals surface area contributed by atoms with Gasteiger partial charge in [-0.15, -0.1) is 0 Å². The number of hydrogen-bond donors (Lipinski definition) is 0. The largest absolute Gasteiger partial charge is 0.459 e. The van der Waals surface area contributed by atoms with Crippen LogP contribution in [0.15, 0.2) is 12.2 Å². The third kappa shape index (κ3) is 6.14. The summed E-state index contributed by atoms with van der Waals surface area (Å²) in [5, 5.41) is 0. The number of ether oxygens (including phenoxy) is 1. The van der Waals surface area contributed by atoms with Gasteiger partial charge < -0.3 is 4.74 Å². The zero-order valence-corrected chi connectivity index (χ0v) is 14.6. The topological polar surface area (TPSA) is 26.3 Å². The van der Waals surface area contributed by atoms with E-state index in [1.54, 1.807) is 6.08 Å². The van der Waals surface area contributed by atoms with Gasteiger partial charge in [0, 0.05) is 6.08 Å². The van der Waals surface area contributed by atoms with Crippen LogP contribution in [-0.4, -0.2) is 12.1 Å². The number of allylic oxidation sites excluding steroid dienone is 1. The quantitative estimate of drug-likeness (QED) is 0.467. The van der Waals surface area contributed by atoms with E-state index in [2.05, 4.69) is 6.92 Å². The highest BCUT2D eigenvalue weighted by atomic mass is 16.5. The van der Waals surface area contributed by atoms with Crippen LogP contribution in [0.3, 0.4) is 0 Å². The van der Waals surface area contributed by atoms with Crippen LogP contribution in [0.25, 0.3) is 0 Å². The van der Waals surface area contributed by atoms with Crippen molar-refractivity contribution in [1.29, 1.82) is 0 Å². The van der Waals surface area contributed by atoms with Gasteiger partial charge in [-0.2, -0.15) is 0 Å². The van der Waals surface area contributed by atoms with Crippen molar-refractivity contribution < 1.29 is 9.53 Å². The Kier molecular flexibility index (Phi) is 7.48. The van der Waals surface area contributed by atoms with E-state index in [4.69, 9.17) is 4.74 Å². The lowest BCUT2D eigenvalue weighted by Crippen LogP contribution is -2.24. The summed E-state index contributed by atoms with van der Waals surface area (Å²) in [6.07, 6.45) is 17.8. The van der Waals surface area contributed by atoms with Crippen LogP contribution in [0, 0.1) is 17.8 Å². The summed E-state index contributed by atoms with van der Waals surface area (Å²) in [5.41, 5.74) is 0. The van der Waals surface area contributed by atoms with E-state index in [-0.39, 0.29) is 12.1 Å². The van der Waals surface area contributed by atoms with Crippen molar-refractivity contribution in [1.82, 2.24) is 0 Å². The van der Waals surface area contributed by atoms with Gasteiger partial charge in [0.2, 0.25) is 0 Å². The van der Waals surface area contributed by atoms with Crippen LogP contribution < -0.4 is 0 Å². The van der Waals surface area contributed by atoms with E-state index in [0.29, 0.717) is 0 Å². The fraction of sp³-hybridized carbons (Fsp3) is 0.850. The van der Waals surface area contributed by atoms with Crippen molar-refractivity contribution in [2.75, 3.05) is 0 Å². The van der Waals surface area contributed by atoms with Gasteiger partial charge in [-0.1, -0.05) is 58.4 Å². The Balaban J connectivity index is 1.59. The normalized spacial score (nSPS) is 33.0. The van der Waals surface area contributed by atoms with Crippen LogP contribution in [0.1, 0.15) is 84.5 Å². The van der Waals surface area contributed by atoms with Crippen LogP contribution in [-0.2, 0) is 9.53 Å². The molecule has 2 fully saturated rings. The molecule has 2 aliphatic rings. The Hall–Kier alpha value is -0.790. The summed E-state index contributed by atoms with van der Waals surface area (Å²) in [6, 6.07) is 0. The van der Waals surface area contributed by atoms with Crippen molar-refractivity contribution in [3.63, 3.8) is 0 Å². The Morgan fingerprint density at radius 1 is 0.955 bits per heavy atom. The minimum absolute atomic E-state index is 0.151. The molecule has 22 heavy (non-hydrogen) atoms. The summed E-state index contributed by atoms with van der Waals surface area (Å²) in [5.74, 6) is 2.68. The van der Waals surface area contributed by atoms with Gasteiger partial charge in [-0.3, -0.25) is 0 Å². The lowest BCUT2D eigenvalue weighted by atomic mass is 9.77. The van der Waals surface area contributed by atoms with Gasteiger partial charge in [0.1, 0.15) is 6.10 Å². The standard InChI is InChI=1S/C20H34O2/c1-3-4-5-20(21)22-19-14-12-18(13-15-19)11-10-17-8-6-16(2)7-9-17/h4-5,16-19H,3,6-15H2,1-2H3. The van der Waals surface area contributed by atoms with Crippen molar-refractivity contribution in [3.05, 3.63) is 12.2 Å². The van der Waals surface area contributed by atoms with Crippen LogP contribution >= 0.6 is 0 Å². The molecule has 2 heteroatoms. The smallest absolute Gasteiger partial charge is 0.330 e. The molecule has 0 aliphatic heterocycles. The summed E-state index contributed by atoms with van der Waals surface area (Å²) in [6.45, 7) is 4.43. The molecule has 0 aromatic carbocycles. The van der Waals surface area contributed by atoms with Crippen molar-refractivity contribution >= 4 is 5.97 Å². The Labute approximate surface area is 136 Å². The summed E-state index contributed by atoms with van der Waals surface area (Å²) in [7, 11) is 0. The first kappa shape index (κ1) is 17.6. The predicted octanol–water partition coefficient (Wildman–Crippen LogP) is 5.66. The van der Waals surface area contributed by atoms with Crippen molar-refractivity contribution in [3.8, 4) is 0 Å². The van der Waals surface area contributed by atoms with Crippen LogP contribution in [0.4, 0.5) is 0 Å². The molecule has 2 rings (SSSR count). The van der Waals surface area contributed by atoms with Gasteiger partial charge in [0.05, 0.1) is 0 Å². The number of rotatable bonds is 6. The third-order valence-corrected chi connectivity index (χ3v) is 5.68. The van der Waals surface area contributed by atoms with Crippen LogP contribution in [0.5, 0.6) is 0 Å². The first-order chi connectivity index (χ1) is 10.7. The van der Waals surface area contributed by atoms with Gasteiger partial charge >= 0.3 is 5.97 Å². The molecule has 0 radical (unpaired) electrons. The van der Waals surface area contributed by atoms with Gasteiger partial charge in [-0.25, -0.2) is 4.79 Å². The maximum atomic E-state index is 11.6. The highest BCUT2D eigenvalue weighted by Crippen LogP contribution is 2.35. The second kappa shape index (κ2) is 9.37. The number of esters is 1. The fourth-order valence-electron chi connectivity index (χ4n) is 4.05. The minimum Gasteiger partial charge on any atom is -0.459 e. The summed E-state index contributed by atoms with van der Waals surface area (Å²) >= 11 is 0. The van der Waals surface area contributed by atoms with E-state index in [9.17, 15) is 4.79 Å². The Morgan fingerprint density at radius 3 is 2.05 bits per heavy atom. The molecule has 2 saturated carbocycles. The predicted molar refractivity (Wildman–Crippen MR) is 91.6 cm³/mol. The third-order valence-electron chi connectivity index (χ3n) is 5.68. The van der Waals surface area contributed by atoms with Gasteiger partial charge in [0.25, 0.3) is 0 Å². The molecule has 0 bridgehead atoms. The molecule has 0 aromatic rings. The first-order valence-corrected chi connectivity index (χ1v) is 9.54. The first-order valence-electron chi connectivity index (χ1n) is 9.54. The van der Waals surface area contributed by atoms with Crippen molar-refractivity contribution in [2.45, 2.75) is 90.6 Å². The van der Waals surface area contributed by atoms with E-state index in [0.717, 1.165) is 37.0 Å². The zero-order chi connectivity index (χ0) is 15.8. The highest BCUT2D eigenvalue weighted by molar-refractivity contribution is 5.82. The molecular weight excluding hydrogens is 272 g/mol. The number of carbonyl (C=O) groups is 1. The van der Waals surface area contributed by atoms with E-state index in [1.807, 2.05) is 13.0 Å². The molecular formula is C20H34O2. The van der Waals surface area contributed by atoms with Crippen molar-refractivity contribution in [2.24, 2.45) is 17.8 Å². The summed E-state index contributed by atoms with van der Waals surface area (Å²) < 4.78 is 5.52. The average molecular weight is 306 g/mol. The van der Waals surface area contributed by atoms with Gasteiger partial charge in [0.15, 0.2) is 0 Å². The fourth-order valence-corrected chi connectivity index (χ4v) is 4.05. The Bertz CT molecular complexity index is 345. The maximum absolute atomic E-state index is 11.6. The SMILES string of the molecule is CCC=CC(=O)OC1CCC(CCC2CCC(C)CC2)CC1. The second-order valence-electron chi connectivity index (χ2n) is 7.59. The lowest BCUT2D eigenvalue weighted by molar-refractivity contribution is -0.144. The Morgan fingerprint density at radius 2 is 1.50 bits per heavy atom. The number of hydrogen-bond acceptors (Lipinski definition) is 2. The number of carbonyl (C=O) groups excluding carboxylic acids is 1. The average Bonchev–Trinajstić information content (AvgIpc) is 2.54. The molecule has 0 aromatic heterocycles. The van der Waals surface area contributed by atoms with Gasteiger partial charge in [-0.05, 0) is 49.9 Å². The maximum Gasteiger partial charge on any atom is 0.330 e. The summed E-state index contributed by atoms with van der Waals surface area (Å²) in [4.78, 5) is 11.6. The monoisotopic (exact) mass is 306 g/mol. The lowest BCUT2D eigenvalue weighted by Gasteiger charge is -2.31. The molecule has 126 valence electrons. The molecule has 0 atom stereocenters. The van der Waals surface area contributed by atoms with E-state index >= 15 is 0 Å². The molecule has 0 heterocycles. The molecule has 0 saturated heterocycles. The van der Waals surface area contributed by atoms with E-state index in [1.165, 1.54) is 51.4 Å². The molecule has 0 unspecified atom stereocenters. The van der Waals surface area contributed by atoms with E-state index < -0.39 is 0 Å². The molecule has 2 nitrogen and oxygen atoms in total. The second-order valence-corrected chi connectivity index (χ2v) is 7.59. The zero-order valence-electron chi connectivity index (χ0n) is 14.6. The molecule has 0 amide bonds. The molecule has 2 aliphatic carbocycles. The van der Waals surface area contributed by atoms with Crippen LogP contribution in [0.2, 0.25) is 0 Å². The minimum atomic E-state index is -0.151. The highest BCUT2D eigenvalue weighted by Gasteiger charge is 2.25. The molecule has 0 spiro atoms. The molecule has 0 N–H and O–H groups in total.